The Morgan fingerprint density at radius 2 is 1.70 bits per heavy atom. The maximum atomic E-state index is 8.96. The highest BCUT2D eigenvalue weighted by Crippen LogP contribution is 2.34. The molecule has 0 saturated carbocycles. The van der Waals surface area contributed by atoms with Crippen molar-refractivity contribution in [2.75, 3.05) is 5.73 Å². The molecular weight excluding hydrogens is 250 g/mol. The van der Waals surface area contributed by atoms with Crippen LogP contribution in [-0.2, 0) is 0 Å². The third-order valence-corrected chi connectivity index (χ3v) is 2.99. The van der Waals surface area contributed by atoms with Crippen molar-refractivity contribution in [3.63, 3.8) is 0 Å². The first-order chi connectivity index (χ1) is 9.56. The topological polar surface area (TPSA) is 82.8 Å². The predicted molar refractivity (Wildman–Crippen MR) is 76.3 cm³/mol. The van der Waals surface area contributed by atoms with E-state index in [4.69, 9.17) is 21.0 Å². The maximum Gasteiger partial charge on any atom is 0.151 e. The second kappa shape index (κ2) is 5.34. The largest absolute Gasteiger partial charge is 0.455 e. The van der Waals surface area contributed by atoms with Crippen LogP contribution < -0.4 is 10.5 Å². The summed E-state index contributed by atoms with van der Waals surface area (Å²) in [5.74, 6) is 1.10. The highest BCUT2D eigenvalue weighted by Gasteiger charge is 2.11. The molecule has 0 fully saturated rings. The Bertz CT molecular complexity index is 728. The number of para-hydroxylation sites is 1. The van der Waals surface area contributed by atoms with Crippen molar-refractivity contribution < 1.29 is 4.74 Å². The van der Waals surface area contributed by atoms with Gasteiger partial charge in [-0.3, -0.25) is 0 Å². The van der Waals surface area contributed by atoms with Crippen LogP contribution in [-0.4, -0.2) is 0 Å². The molecule has 0 amide bonds. The fraction of sp³-hybridized carbons (Fsp3) is 0.125. The highest BCUT2D eigenvalue weighted by molar-refractivity contribution is 5.64. The number of nitrogens with two attached hydrogens (primary N) is 1. The molecular formula is C16H13N3O. The van der Waals surface area contributed by atoms with E-state index in [1.165, 1.54) is 0 Å². The summed E-state index contributed by atoms with van der Waals surface area (Å²) in [6.45, 7) is 3.74. The molecule has 4 heteroatoms. The minimum atomic E-state index is 0.318. The first-order valence-corrected chi connectivity index (χ1v) is 6.04. The molecule has 98 valence electrons. The van der Waals surface area contributed by atoms with Crippen LogP contribution in [0, 0.1) is 36.5 Å². The minimum absolute atomic E-state index is 0.318. The molecule has 0 saturated heterocycles. The molecule has 2 aromatic rings. The standard InChI is InChI=1S/C16H13N3O/c1-10-6-12(8-17)7-11(2)16(10)20-14-5-3-4-13(9-18)15(14)19/h3-7H,19H2,1-2H3. The van der Waals surface area contributed by atoms with Gasteiger partial charge >= 0.3 is 0 Å². The Hall–Kier alpha value is -2.98. The second-order valence-corrected chi connectivity index (χ2v) is 4.48. The Balaban J connectivity index is 2.47. The van der Waals surface area contributed by atoms with E-state index in [1.807, 2.05) is 19.9 Å². The van der Waals surface area contributed by atoms with Crippen molar-refractivity contribution in [1.82, 2.24) is 0 Å². The lowest BCUT2D eigenvalue weighted by atomic mass is 10.1. The first kappa shape index (κ1) is 13.5. The zero-order chi connectivity index (χ0) is 14.7. The lowest BCUT2D eigenvalue weighted by molar-refractivity contribution is 0.477. The quantitative estimate of drug-likeness (QED) is 0.841. The summed E-state index contributed by atoms with van der Waals surface area (Å²) in [5.41, 5.74) is 8.89. The number of nitrogens with zero attached hydrogens (tertiary/aromatic N) is 2. The molecule has 0 spiro atoms. The Morgan fingerprint density at radius 3 is 2.25 bits per heavy atom. The van der Waals surface area contributed by atoms with E-state index in [-0.39, 0.29) is 0 Å². The number of hydrogen-bond donors (Lipinski definition) is 1. The molecule has 0 aliphatic carbocycles. The number of benzene rings is 2. The second-order valence-electron chi connectivity index (χ2n) is 4.48. The fourth-order valence-corrected chi connectivity index (χ4v) is 2.02. The van der Waals surface area contributed by atoms with Gasteiger partial charge in [0.2, 0.25) is 0 Å². The van der Waals surface area contributed by atoms with Crippen LogP contribution in [0.2, 0.25) is 0 Å². The number of ether oxygens (including phenoxy) is 1. The number of nitriles is 2. The normalized spacial score (nSPS) is 9.60. The monoisotopic (exact) mass is 263 g/mol. The average Bonchev–Trinajstić information content (AvgIpc) is 2.44. The van der Waals surface area contributed by atoms with Crippen molar-refractivity contribution in [2.45, 2.75) is 13.8 Å². The SMILES string of the molecule is Cc1cc(C#N)cc(C)c1Oc1cccc(C#N)c1N. The molecule has 0 aliphatic rings. The molecule has 0 aliphatic heterocycles. The van der Waals surface area contributed by atoms with Gasteiger partial charge < -0.3 is 10.5 Å². The van der Waals surface area contributed by atoms with Crippen LogP contribution in [0.5, 0.6) is 11.5 Å². The summed E-state index contributed by atoms with van der Waals surface area (Å²) in [7, 11) is 0. The number of hydrogen-bond acceptors (Lipinski definition) is 4. The lowest BCUT2D eigenvalue weighted by Crippen LogP contribution is -1.98. The number of anilines is 1. The number of rotatable bonds is 2. The van der Waals surface area contributed by atoms with Gasteiger partial charge in [0.1, 0.15) is 11.8 Å². The molecule has 0 aromatic heterocycles. The molecule has 4 nitrogen and oxygen atoms in total. The van der Waals surface area contributed by atoms with Crippen molar-refractivity contribution in [2.24, 2.45) is 0 Å². The van der Waals surface area contributed by atoms with E-state index in [2.05, 4.69) is 6.07 Å². The first-order valence-electron chi connectivity index (χ1n) is 6.04. The van der Waals surface area contributed by atoms with Gasteiger partial charge in [-0.2, -0.15) is 10.5 Å². The van der Waals surface area contributed by atoms with Crippen LogP contribution in [0.15, 0.2) is 30.3 Å². The molecule has 0 bridgehead atoms. The molecule has 2 rings (SSSR count). The zero-order valence-electron chi connectivity index (χ0n) is 11.3. The molecule has 0 atom stereocenters. The van der Waals surface area contributed by atoms with Crippen LogP contribution >= 0.6 is 0 Å². The van der Waals surface area contributed by atoms with Gasteiger partial charge in [-0.25, -0.2) is 0 Å². The fourth-order valence-electron chi connectivity index (χ4n) is 2.02. The van der Waals surface area contributed by atoms with Crippen LogP contribution in [0.25, 0.3) is 0 Å². The summed E-state index contributed by atoms with van der Waals surface area (Å²) in [6, 6.07) is 12.7. The highest BCUT2D eigenvalue weighted by atomic mass is 16.5. The van der Waals surface area contributed by atoms with Gasteiger partial charge in [0.25, 0.3) is 0 Å². The summed E-state index contributed by atoms with van der Waals surface area (Å²) >= 11 is 0. The van der Waals surface area contributed by atoms with E-state index in [1.54, 1.807) is 30.3 Å². The Labute approximate surface area is 117 Å². The predicted octanol–water partition coefficient (Wildman–Crippen LogP) is 3.42. The van der Waals surface area contributed by atoms with E-state index in [0.717, 1.165) is 11.1 Å². The smallest absolute Gasteiger partial charge is 0.151 e. The third kappa shape index (κ3) is 2.41. The molecule has 20 heavy (non-hydrogen) atoms. The van der Waals surface area contributed by atoms with Crippen molar-refractivity contribution in [1.29, 1.82) is 10.5 Å². The van der Waals surface area contributed by atoms with Gasteiger partial charge in [0.15, 0.2) is 5.75 Å². The van der Waals surface area contributed by atoms with Crippen molar-refractivity contribution in [3.8, 4) is 23.6 Å². The lowest BCUT2D eigenvalue weighted by Gasteiger charge is -2.14. The summed E-state index contributed by atoms with van der Waals surface area (Å²) in [4.78, 5) is 0. The van der Waals surface area contributed by atoms with E-state index < -0.39 is 0 Å². The van der Waals surface area contributed by atoms with E-state index >= 15 is 0 Å². The van der Waals surface area contributed by atoms with Gasteiger partial charge in [-0.05, 0) is 49.2 Å². The van der Waals surface area contributed by atoms with Crippen molar-refractivity contribution in [3.05, 3.63) is 52.6 Å². The minimum Gasteiger partial charge on any atom is -0.455 e. The van der Waals surface area contributed by atoms with E-state index in [9.17, 15) is 0 Å². The summed E-state index contributed by atoms with van der Waals surface area (Å²) in [6.07, 6.45) is 0. The number of nitrogen functional groups attached to an aromatic ring is 1. The van der Waals surface area contributed by atoms with Crippen LogP contribution in [0.4, 0.5) is 5.69 Å². The third-order valence-electron chi connectivity index (χ3n) is 2.99. The summed E-state index contributed by atoms with van der Waals surface area (Å²) < 4.78 is 5.83. The van der Waals surface area contributed by atoms with Gasteiger partial charge in [0, 0.05) is 0 Å². The van der Waals surface area contributed by atoms with Crippen molar-refractivity contribution >= 4 is 5.69 Å². The van der Waals surface area contributed by atoms with Crippen LogP contribution in [0.1, 0.15) is 22.3 Å². The zero-order valence-corrected chi connectivity index (χ0v) is 11.3. The molecule has 0 unspecified atom stereocenters. The van der Waals surface area contributed by atoms with Gasteiger partial charge in [-0.1, -0.05) is 6.07 Å². The Morgan fingerprint density at radius 1 is 1.05 bits per heavy atom. The van der Waals surface area contributed by atoms with Crippen LogP contribution in [0.3, 0.4) is 0 Å². The Kier molecular flexibility index (Phi) is 3.59. The molecule has 2 aromatic carbocycles. The van der Waals surface area contributed by atoms with Gasteiger partial charge in [-0.15, -0.1) is 0 Å². The maximum absolute atomic E-state index is 8.96. The molecule has 0 heterocycles. The molecule has 0 radical (unpaired) electrons. The average molecular weight is 263 g/mol. The number of aryl methyl sites for hydroxylation is 2. The van der Waals surface area contributed by atoms with E-state index in [0.29, 0.717) is 28.3 Å². The molecule has 2 N–H and O–H groups in total. The van der Waals surface area contributed by atoms with Gasteiger partial charge in [0.05, 0.1) is 22.9 Å². The summed E-state index contributed by atoms with van der Waals surface area (Å²) in [5, 5.41) is 17.9.